The Hall–Kier alpha value is -2.34. The van der Waals surface area contributed by atoms with Crippen molar-refractivity contribution >= 4 is 38.6 Å². The highest BCUT2D eigenvalue weighted by Gasteiger charge is 2.24. The van der Waals surface area contributed by atoms with Crippen molar-refractivity contribution in [1.29, 1.82) is 0 Å². The minimum absolute atomic E-state index is 0.0862. The second kappa shape index (κ2) is 20.5. The van der Waals surface area contributed by atoms with Gasteiger partial charge in [-0.1, -0.05) is 27.0 Å². The van der Waals surface area contributed by atoms with E-state index < -0.39 is 50.8 Å². The Kier molecular flexibility index (Phi) is 20.4. The molecule has 0 spiro atoms. The van der Waals surface area contributed by atoms with Crippen LogP contribution in [0.25, 0.3) is 0 Å². The van der Waals surface area contributed by atoms with Gasteiger partial charge in [-0.2, -0.15) is 0 Å². The number of hydrogen-bond acceptors (Lipinski definition) is 12. The van der Waals surface area contributed by atoms with Crippen molar-refractivity contribution in [2.24, 2.45) is 0 Å². The fraction of sp³-hybridized carbons (Fsp3) is 0.667. The monoisotopic (exact) mass is 616 g/mol. The number of aliphatic hydroxyl groups excluding tert-OH is 2. The molecule has 0 aromatic rings. The van der Waals surface area contributed by atoms with E-state index in [0.29, 0.717) is 0 Å². The zero-order valence-electron chi connectivity index (χ0n) is 23.4. The molecule has 0 rings (SSSR count). The number of aliphatic hydroxyl groups is 2. The van der Waals surface area contributed by atoms with Gasteiger partial charge in [0.1, 0.15) is 32.0 Å². The van der Waals surface area contributed by atoms with Crippen LogP contribution in [0, 0.1) is 0 Å². The molecule has 0 heterocycles. The van der Waals surface area contributed by atoms with E-state index in [1.165, 1.54) is 13.8 Å². The Labute approximate surface area is 234 Å². The summed E-state index contributed by atoms with van der Waals surface area (Å²) < 4.78 is 42.6. The van der Waals surface area contributed by atoms with Gasteiger partial charge in [0.15, 0.2) is 0 Å². The molecule has 0 aromatic heterocycles. The molecule has 0 saturated carbocycles. The lowest BCUT2D eigenvalue weighted by Gasteiger charge is -2.18. The van der Waals surface area contributed by atoms with Crippen LogP contribution in [-0.4, -0.2) is 107 Å². The van der Waals surface area contributed by atoms with Gasteiger partial charge in [-0.3, -0.25) is 18.7 Å². The van der Waals surface area contributed by atoms with E-state index in [1.807, 2.05) is 0 Å². The number of aliphatic carboxylic acids is 1. The number of carbonyl (C=O) groups excluding carboxylic acids is 3. The lowest BCUT2D eigenvalue weighted by molar-refractivity contribution is -0.150. The first-order valence-corrected chi connectivity index (χ1v) is 16.3. The van der Waals surface area contributed by atoms with Crippen LogP contribution in [-0.2, 0) is 47.0 Å². The molecule has 4 atom stereocenters. The topological polar surface area (TPSA) is 220 Å². The first-order valence-electron chi connectivity index (χ1n) is 12.3. The third-order valence-electron chi connectivity index (χ3n) is 4.76. The SMILES string of the molecule is C=C(C)C(=O)OCC(O)COC(=O)CCP(=O)(O)CC.C=C(C)C(=O)OCC(O)COP(=O)(CC)CCC(=O)O. The Morgan fingerprint density at radius 1 is 0.750 bits per heavy atom. The van der Waals surface area contributed by atoms with E-state index in [1.54, 1.807) is 13.8 Å². The van der Waals surface area contributed by atoms with E-state index in [-0.39, 0.29) is 75.1 Å². The van der Waals surface area contributed by atoms with Gasteiger partial charge in [0.25, 0.3) is 0 Å². The van der Waals surface area contributed by atoms with Gasteiger partial charge in [0, 0.05) is 35.8 Å². The van der Waals surface area contributed by atoms with Gasteiger partial charge in [-0.15, -0.1) is 0 Å². The Bertz CT molecular complexity index is 961. The maximum atomic E-state index is 12.1. The fourth-order valence-corrected chi connectivity index (χ4v) is 4.63. The van der Waals surface area contributed by atoms with Gasteiger partial charge in [0.2, 0.25) is 14.7 Å². The van der Waals surface area contributed by atoms with Crippen LogP contribution < -0.4 is 0 Å². The van der Waals surface area contributed by atoms with E-state index in [2.05, 4.69) is 17.9 Å². The number of carboxylic acid groups (broad SMARTS) is 1. The third kappa shape index (κ3) is 21.5. The number of esters is 3. The number of hydrogen-bond donors (Lipinski definition) is 4. The molecular weight excluding hydrogens is 574 g/mol. The molecule has 16 heteroatoms. The maximum absolute atomic E-state index is 12.1. The molecule has 4 N–H and O–H groups in total. The second-order valence-electron chi connectivity index (χ2n) is 8.68. The van der Waals surface area contributed by atoms with E-state index in [0.717, 1.165) is 0 Å². The summed E-state index contributed by atoms with van der Waals surface area (Å²) in [4.78, 5) is 53.1. The number of carboxylic acids is 1. The van der Waals surface area contributed by atoms with Crippen molar-refractivity contribution in [3.8, 4) is 0 Å². The summed E-state index contributed by atoms with van der Waals surface area (Å²) in [6.45, 7) is 11.6. The number of carbonyl (C=O) groups is 4. The second-order valence-corrected chi connectivity index (χ2v) is 14.4. The third-order valence-corrected chi connectivity index (χ3v) is 9.16. The minimum atomic E-state index is -3.25. The first-order chi connectivity index (χ1) is 18.4. The minimum Gasteiger partial charge on any atom is -0.481 e. The van der Waals surface area contributed by atoms with Crippen molar-refractivity contribution in [1.82, 2.24) is 0 Å². The number of rotatable bonds is 19. The van der Waals surface area contributed by atoms with Gasteiger partial charge in [-0.25, -0.2) is 9.59 Å². The smallest absolute Gasteiger partial charge is 0.333 e. The van der Waals surface area contributed by atoms with E-state index in [9.17, 15) is 43.4 Å². The molecule has 0 aliphatic heterocycles. The van der Waals surface area contributed by atoms with Crippen molar-refractivity contribution < 1.29 is 67.3 Å². The summed E-state index contributed by atoms with van der Waals surface area (Å²) in [6, 6.07) is 0. The van der Waals surface area contributed by atoms with Crippen LogP contribution in [0.1, 0.15) is 40.5 Å². The first kappa shape index (κ1) is 39.8. The molecule has 14 nitrogen and oxygen atoms in total. The summed E-state index contributed by atoms with van der Waals surface area (Å²) in [6.07, 6.45) is -2.68. The predicted molar refractivity (Wildman–Crippen MR) is 146 cm³/mol. The lowest BCUT2D eigenvalue weighted by atomic mass is 10.3. The maximum Gasteiger partial charge on any atom is 0.333 e. The summed E-state index contributed by atoms with van der Waals surface area (Å²) in [5.41, 5.74) is 0.409. The zero-order chi connectivity index (χ0) is 31.5. The van der Waals surface area contributed by atoms with Crippen molar-refractivity contribution in [2.45, 2.75) is 52.7 Å². The van der Waals surface area contributed by atoms with Crippen LogP contribution >= 0.6 is 14.7 Å². The van der Waals surface area contributed by atoms with Crippen LogP contribution in [0.5, 0.6) is 0 Å². The average molecular weight is 617 g/mol. The highest BCUT2D eigenvalue weighted by atomic mass is 31.2. The molecule has 0 radical (unpaired) electrons. The molecule has 40 heavy (non-hydrogen) atoms. The quantitative estimate of drug-likeness (QED) is 0.0705. The van der Waals surface area contributed by atoms with Gasteiger partial charge < -0.3 is 38.9 Å². The Balaban J connectivity index is 0. The van der Waals surface area contributed by atoms with Crippen molar-refractivity contribution in [3.63, 3.8) is 0 Å². The van der Waals surface area contributed by atoms with Crippen molar-refractivity contribution in [3.05, 3.63) is 24.3 Å². The molecule has 0 aromatic carbocycles. The lowest BCUT2D eigenvalue weighted by Crippen LogP contribution is -2.25. The molecule has 4 unspecified atom stereocenters. The molecule has 0 bridgehead atoms. The molecule has 232 valence electrons. The summed E-state index contributed by atoms with van der Waals surface area (Å²) in [5, 5.41) is 27.5. The van der Waals surface area contributed by atoms with Crippen LogP contribution in [0.15, 0.2) is 24.3 Å². The van der Waals surface area contributed by atoms with Crippen molar-refractivity contribution in [2.75, 3.05) is 51.1 Å². The molecule has 0 amide bonds. The number of ether oxygens (including phenoxy) is 3. The molecule has 0 saturated heterocycles. The molecule has 0 fully saturated rings. The predicted octanol–water partition coefficient (Wildman–Crippen LogP) is 1.95. The zero-order valence-corrected chi connectivity index (χ0v) is 25.2. The summed E-state index contributed by atoms with van der Waals surface area (Å²) in [5.74, 6) is -3.01. The van der Waals surface area contributed by atoms with Crippen LogP contribution in [0.4, 0.5) is 0 Å². The highest BCUT2D eigenvalue weighted by Crippen LogP contribution is 2.47. The van der Waals surface area contributed by atoms with Gasteiger partial charge in [-0.05, 0) is 13.8 Å². The Morgan fingerprint density at radius 3 is 1.60 bits per heavy atom. The summed E-state index contributed by atoms with van der Waals surface area (Å²) in [7, 11) is -6.33. The Morgan fingerprint density at radius 2 is 1.20 bits per heavy atom. The van der Waals surface area contributed by atoms with Gasteiger partial charge >= 0.3 is 23.9 Å². The largest absolute Gasteiger partial charge is 0.481 e. The van der Waals surface area contributed by atoms with Gasteiger partial charge in [0.05, 0.1) is 19.4 Å². The fourth-order valence-electron chi connectivity index (χ4n) is 2.17. The normalized spacial score (nSPS) is 15.1. The standard InChI is InChI=1S/2C12H21O7P/c1-4-20(16,17)6-5-11(14)18-7-10(13)8-19-12(15)9(2)3;1-4-20(17,6-5-11(14)15)19-8-10(13)7-18-12(16)9(2)3/h10,13H,2,4-8H2,1,3H3,(H,16,17);10,13H,2,4-8H2,1,3H3,(H,14,15). The van der Waals surface area contributed by atoms with Crippen LogP contribution in [0.2, 0.25) is 0 Å². The summed E-state index contributed by atoms with van der Waals surface area (Å²) >= 11 is 0. The van der Waals surface area contributed by atoms with Crippen LogP contribution in [0.3, 0.4) is 0 Å². The van der Waals surface area contributed by atoms with E-state index >= 15 is 0 Å². The highest BCUT2D eigenvalue weighted by molar-refractivity contribution is 7.59. The average Bonchev–Trinajstić information content (AvgIpc) is 2.90. The molecular formula is C24H42O14P2. The molecule has 0 aliphatic carbocycles. The van der Waals surface area contributed by atoms with E-state index in [4.69, 9.17) is 19.1 Å². The molecule has 0 aliphatic rings.